The molecule has 1 saturated heterocycles. The van der Waals surface area contributed by atoms with Gasteiger partial charge in [-0.2, -0.15) is 0 Å². The normalized spacial score (nSPS) is 15.8. The van der Waals surface area contributed by atoms with Gasteiger partial charge in [0.25, 0.3) is 0 Å². The Bertz CT molecular complexity index is 1120. The monoisotopic (exact) mass is 483 g/mol. The van der Waals surface area contributed by atoms with E-state index >= 15 is 0 Å². The number of carbonyl (C=O) groups is 1. The molecule has 8 heteroatoms. The minimum Gasteiger partial charge on any atom is -0.381 e. The number of hydrogen-bond donors (Lipinski definition) is 1. The number of nitrogens with zero attached hydrogens (tertiary/aromatic N) is 2. The molecule has 0 unspecified atom stereocenters. The number of aryl methyl sites for hydroxylation is 2. The number of aliphatic imine (C=N–C) groups is 1. The maximum absolute atomic E-state index is 13.2. The number of rotatable bonds is 11. The van der Waals surface area contributed by atoms with E-state index in [1.54, 1.807) is 18.3 Å². The molecule has 7 nitrogen and oxygen atoms in total. The van der Waals surface area contributed by atoms with Crippen LogP contribution in [-0.4, -0.2) is 46.1 Å². The van der Waals surface area contributed by atoms with Crippen molar-refractivity contribution in [3.8, 4) is 0 Å². The van der Waals surface area contributed by atoms with Crippen LogP contribution in [0.15, 0.2) is 70.8 Å². The second kappa shape index (κ2) is 11.4. The van der Waals surface area contributed by atoms with Gasteiger partial charge in [0, 0.05) is 38.3 Å². The summed E-state index contributed by atoms with van der Waals surface area (Å²) < 4.78 is 30.2. The highest BCUT2D eigenvalue weighted by atomic mass is 32.2. The van der Waals surface area contributed by atoms with Crippen LogP contribution < -0.4 is 10.6 Å². The van der Waals surface area contributed by atoms with Crippen LogP contribution in [0.5, 0.6) is 0 Å². The number of hydrogen-bond acceptors (Lipinski definition) is 6. The first-order valence-electron chi connectivity index (χ1n) is 11.5. The van der Waals surface area contributed by atoms with E-state index < -0.39 is 20.5 Å². The first-order valence-corrected chi connectivity index (χ1v) is 12.9. The lowest BCUT2D eigenvalue weighted by atomic mass is 9.98. The second-order valence-corrected chi connectivity index (χ2v) is 10.8. The summed E-state index contributed by atoms with van der Waals surface area (Å²) in [5, 5.41) is 0. The quantitative estimate of drug-likeness (QED) is 0.388. The molecule has 2 aromatic rings. The predicted molar refractivity (Wildman–Crippen MR) is 136 cm³/mol. The average molecular weight is 484 g/mol. The van der Waals surface area contributed by atoms with Gasteiger partial charge < -0.3 is 15.4 Å². The molecule has 1 aliphatic rings. The Hall–Kier alpha value is -2.97. The summed E-state index contributed by atoms with van der Waals surface area (Å²) in [6.45, 7) is 3.87. The van der Waals surface area contributed by atoms with Crippen molar-refractivity contribution in [1.29, 1.82) is 0 Å². The van der Waals surface area contributed by atoms with Gasteiger partial charge in [-0.3, -0.25) is 9.79 Å². The van der Waals surface area contributed by atoms with Crippen LogP contribution >= 0.6 is 0 Å². The second-order valence-electron chi connectivity index (χ2n) is 8.59. The first kappa shape index (κ1) is 25.6. The SMILES string of the molecule is C=N/C=C\N(C)c1cccc(CCCCc2ccc(S(=O)(=O)C3(C(N)=O)CCOCC3)cc2)c1. The Balaban J connectivity index is 1.57. The summed E-state index contributed by atoms with van der Waals surface area (Å²) in [7, 11) is -1.92. The van der Waals surface area contributed by atoms with E-state index in [4.69, 9.17) is 10.5 Å². The summed E-state index contributed by atoms with van der Waals surface area (Å²) in [6, 6.07) is 15.2. The van der Waals surface area contributed by atoms with E-state index in [0.717, 1.165) is 36.9 Å². The number of benzene rings is 2. The zero-order valence-electron chi connectivity index (χ0n) is 19.7. The van der Waals surface area contributed by atoms with Gasteiger partial charge >= 0.3 is 0 Å². The smallest absolute Gasteiger partial charge is 0.239 e. The number of ether oxygens (including phenoxy) is 1. The molecule has 2 N–H and O–H groups in total. The Morgan fingerprint density at radius 1 is 1.12 bits per heavy atom. The molecule has 1 amide bonds. The lowest BCUT2D eigenvalue weighted by Crippen LogP contribution is -2.53. The molecule has 1 heterocycles. The Kier molecular flexibility index (Phi) is 8.63. The van der Waals surface area contributed by atoms with Crippen molar-refractivity contribution in [3.63, 3.8) is 0 Å². The molecule has 0 radical (unpaired) electrons. The number of nitrogens with two attached hydrogens (primary N) is 1. The van der Waals surface area contributed by atoms with Crippen molar-refractivity contribution in [2.75, 3.05) is 25.2 Å². The topological polar surface area (TPSA) is 102 Å². The molecule has 3 rings (SSSR count). The van der Waals surface area contributed by atoms with Gasteiger partial charge in [-0.25, -0.2) is 8.42 Å². The zero-order chi connectivity index (χ0) is 24.6. The largest absolute Gasteiger partial charge is 0.381 e. The average Bonchev–Trinajstić information content (AvgIpc) is 2.86. The molecule has 34 heavy (non-hydrogen) atoms. The number of primary amides is 1. The van der Waals surface area contributed by atoms with Crippen molar-refractivity contribution in [2.24, 2.45) is 10.7 Å². The number of anilines is 1. The standard InChI is InChI=1S/C26H33N3O4S/c1-28-16-17-29(2)23-9-5-8-22(20-23)7-4-3-6-21-10-12-24(13-11-21)34(31,32)26(25(27)30)14-18-33-19-15-26/h5,8-13,16-17,20H,1,3-4,6-7,14-15,18-19H2,2H3,(H2,27,30)/b17-16-. The van der Waals surface area contributed by atoms with Gasteiger partial charge in [0.15, 0.2) is 14.6 Å². The highest BCUT2D eigenvalue weighted by Gasteiger charge is 2.50. The maximum Gasteiger partial charge on any atom is 0.239 e. The van der Waals surface area contributed by atoms with Crippen LogP contribution in [0.4, 0.5) is 5.69 Å². The molecule has 0 spiro atoms. The molecular formula is C26H33N3O4S. The summed E-state index contributed by atoms with van der Waals surface area (Å²) in [5.41, 5.74) is 8.96. The van der Waals surface area contributed by atoms with Crippen LogP contribution in [0.2, 0.25) is 0 Å². The van der Waals surface area contributed by atoms with E-state index in [-0.39, 0.29) is 31.0 Å². The molecule has 0 saturated carbocycles. The third-order valence-electron chi connectivity index (χ3n) is 6.39. The molecule has 0 atom stereocenters. The fraction of sp³-hybridized carbons (Fsp3) is 0.385. The molecule has 1 fully saturated rings. The third-order valence-corrected chi connectivity index (χ3v) is 8.92. The van der Waals surface area contributed by atoms with Gasteiger partial charge in [-0.1, -0.05) is 24.3 Å². The van der Waals surface area contributed by atoms with Crippen LogP contribution in [0.25, 0.3) is 0 Å². The van der Waals surface area contributed by atoms with Crippen LogP contribution in [0.1, 0.15) is 36.8 Å². The molecular weight excluding hydrogens is 450 g/mol. The Labute approximate surface area is 202 Å². The van der Waals surface area contributed by atoms with E-state index in [0.29, 0.717) is 0 Å². The summed E-state index contributed by atoms with van der Waals surface area (Å²) in [6.07, 6.45) is 7.50. The molecule has 1 aliphatic heterocycles. The number of unbranched alkanes of at least 4 members (excludes halogenated alkanes) is 1. The van der Waals surface area contributed by atoms with E-state index in [1.165, 1.54) is 5.56 Å². The van der Waals surface area contributed by atoms with Crippen molar-refractivity contribution in [3.05, 3.63) is 72.1 Å². The third kappa shape index (κ3) is 5.74. The molecule has 0 bridgehead atoms. The van der Waals surface area contributed by atoms with Crippen molar-refractivity contribution in [1.82, 2.24) is 0 Å². The highest BCUT2D eigenvalue weighted by Crippen LogP contribution is 2.35. The lowest BCUT2D eigenvalue weighted by Gasteiger charge is -2.33. The van der Waals surface area contributed by atoms with Crippen molar-refractivity contribution >= 4 is 28.1 Å². The molecule has 0 aliphatic carbocycles. The lowest BCUT2D eigenvalue weighted by molar-refractivity contribution is -0.122. The minimum atomic E-state index is -3.89. The Morgan fingerprint density at radius 3 is 2.38 bits per heavy atom. The van der Waals surface area contributed by atoms with Crippen molar-refractivity contribution in [2.45, 2.75) is 48.2 Å². The fourth-order valence-corrected chi connectivity index (χ4v) is 6.15. The predicted octanol–water partition coefficient (Wildman–Crippen LogP) is 3.67. The summed E-state index contributed by atoms with van der Waals surface area (Å²) >= 11 is 0. The van der Waals surface area contributed by atoms with E-state index in [1.807, 2.05) is 36.3 Å². The first-order chi connectivity index (χ1) is 16.3. The number of carbonyl (C=O) groups excluding carboxylic acids is 1. The molecule has 2 aromatic carbocycles. The zero-order valence-corrected chi connectivity index (χ0v) is 20.5. The van der Waals surface area contributed by atoms with Crippen molar-refractivity contribution < 1.29 is 17.9 Å². The number of sulfone groups is 1. The Morgan fingerprint density at radius 2 is 1.76 bits per heavy atom. The van der Waals surface area contributed by atoms with E-state index in [2.05, 4.69) is 29.9 Å². The summed E-state index contributed by atoms with van der Waals surface area (Å²) in [5.74, 6) is -0.802. The fourth-order valence-electron chi connectivity index (χ4n) is 4.23. The number of amides is 1. The van der Waals surface area contributed by atoms with Gasteiger partial charge in [-0.05, 0) is 80.6 Å². The van der Waals surface area contributed by atoms with Crippen LogP contribution in [0.3, 0.4) is 0 Å². The van der Waals surface area contributed by atoms with Gasteiger partial charge in [0.1, 0.15) is 0 Å². The molecule has 182 valence electrons. The van der Waals surface area contributed by atoms with Gasteiger partial charge in [-0.15, -0.1) is 0 Å². The maximum atomic E-state index is 13.2. The van der Waals surface area contributed by atoms with Gasteiger partial charge in [0.05, 0.1) is 4.90 Å². The highest BCUT2D eigenvalue weighted by molar-refractivity contribution is 7.93. The van der Waals surface area contributed by atoms with Crippen LogP contribution in [-0.2, 0) is 32.2 Å². The van der Waals surface area contributed by atoms with Crippen LogP contribution in [0, 0.1) is 0 Å². The van der Waals surface area contributed by atoms with E-state index in [9.17, 15) is 13.2 Å². The molecule has 0 aromatic heterocycles. The summed E-state index contributed by atoms with van der Waals surface area (Å²) in [4.78, 5) is 18.0. The minimum absolute atomic E-state index is 0.0881. The van der Waals surface area contributed by atoms with Gasteiger partial charge in [0.2, 0.25) is 5.91 Å².